The van der Waals surface area contributed by atoms with Gasteiger partial charge in [0.1, 0.15) is 0 Å². The van der Waals surface area contributed by atoms with Gasteiger partial charge in [-0.05, 0) is 15.9 Å². The van der Waals surface area contributed by atoms with Crippen LogP contribution in [-0.2, 0) is 9.05 Å². The van der Waals surface area contributed by atoms with Crippen LogP contribution in [0, 0.1) is 0 Å². The molecule has 0 saturated carbocycles. The van der Waals surface area contributed by atoms with E-state index in [9.17, 15) is 8.42 Å². The van der Waals surface area contributed by atoms with Gasteiger partial charge in [0.15, 0.2) is 5.65 Å². The van der Waals surface area contributed by atoms with Crippen LogP contribution in [-0.4, -0.2) is 35.1 Å². The summed E-state index contributed by atoms with van der Waals surface area (Å²) in [5, 5.41) is 3.18. The molecule has 0 saturated heterocycles. The summed E-state index contributed by atoms with van der Waals surface area (Å²) in [5.74, 6) is 0. The van der Waals surface area contributed by atoms with Gasteiger partial charge in [-0.15, -0.1) is 5.10 Å². The molecule has 0 aliphatic rings. The Balaban J connectivity index is 2.83. The minimum atomic E-state index is -3.98. The Hall–Kier alpha value is -0.930. The zero-order valence-corrected chi connectivity index (χ0v) is 10.9. The summed E-state index contributed by atoms with van der Waals surface area (Å²) < 4.78 is 28.6. The molecule has 0 aromatic carbocycles. The SMILES string of the molecule is COc1ncc(Br)c2nc(S(=O)(=O)Cl)nn12. The van der Waals surface area contributed by atoms with Gasteiger partial charge in [0.2, 0.25) is 0 Å². The summed E-state index contributed by atoms with van der Waals surface area (Å²) in [7, 11) is 2.54. The summed E-state index contributed by atoms with van der Waals surface area (Å²) in [6, 6.07) is 0.109. The highest BCUT2D eigenvalue weighted by Crippen LogP contribution is 2.21. The van der Waals surface area contributed by atoms with Crippen LogP contribution >= 0.6 is 26.6 Å². The number of nitrogens with zero attached hydrogens (tertiary/aromatic N) is 4. The number of methoxy groups -OCH3 is 1. The molecule has 0 spiro atoms. The van der Waals surface area contributed by atoms with E-state index in [1.807, 2.05) is 0 Å². The fourth-order valence-corrected chi connectivity index (χ4v) is 1.98. The summed E-state index contributed by atoms with van der Waals surface area (Å²) >= 11 is 3.16. The third-order valence-corrected chi connectivity index (χ3v) is 3.25. The van der Waals surface area contributed by atoms with Gasteiger partial charge in [-0.25, -0.2) is 13.4 Å². The highest BCUT2D eigenvalue weighted by molar-refractivity contribution is 9.10. The highest BCUT2D eigenvalue weighted by atomic mass is 79.9. The van der Waals surface area contributed by atoms with E-state index < -0.39 is 14.2 Å². The lowest BCUT2D eigenvalue weighted by atomic mass is 10.6. The first-order chi connectivity index (χ1) is 7.43. The second-order valence-corrected chi connectivity index (χ2v) is 5.97. The lowest BCUT2D eigenvalue weighted by molar-refractivity contribution is 0.366. The summed E-state index contributed by atoms with van der Waals surface area (Å²) in [4.78, 5) is 7.63. The van der Waals surface area contributed by atoms with Gasteiger partial charge in [0, 0.05) is 10.7 Å². The molecule has 2 heterocycles. The minimum Gasteiger partial charge on any atom is -0.467 e. The summed E-state index contributed by atoms with van der Waals surface area (Å²) in [5.41, 5.74) is 0.256. The Bertz CT molecular complexity index is 655. The maximum absolute atomic E-state index is 11.1. The second-order valence-electron chi connectivity index (χ2n) is 2.66. The molecule has 0 unspecified atom stereocenters. The third-order valence-electron chi connectivity index (χ3n) is 1.67. The van der Waals surface area contributed by atoms with Crippen LogP contribution in [0.3, 0.4) is 0 Å². The number of rotatable bonds is 2. The van der Waals surface area contributed by atoms with Crippen molar-refractivity contribution in [1.82, 2.24) is 19.6 Å². The van der Waals surface area contributed by atoms with Crippen LogP contribution in [0.4, 0.5) is 0 Å². The van der Waals surface area contributed by atoms with Crippen molar-refractivity contribution < 1.29 is 13.2 Å². The van der Waals surface area contributed by atoms with Crippen molar-refractivity contribution in [3.8, 4) is 6.01 Å². The van der Waals surface area contributed by atoms with Crippen molar-refractivity contribution in [3.63, 3.8) is 0 Å². The third kappa shape index (κ3) is 1.85. The van der Waals surface area contributed by atoms with E-state index in [0.717, 1.165) is 4.52 Å². The van der Waals surface area contributed by atoms with E-state index in [-0.39, 0.29) is 11.7 Å². The molecule has 0 aliphatic heterocycles. The molecule has 16 heavy (non-hydrogen) atoms. The molecule has 10 heteroatoms. The Labute approximate surface area is 103 Å². The van der Waals surface area contributed by atoms with Crippen LogP contribution in [0.5, 0.6) is 6.01 Å². The van der Waals surface area contributed by atoms with E-state index >= 15 is 0 Å². The van der Waals surface area contributed by atoms with Gasteiger partial charge in [-0.2, -0.15) is 9.50 Å². The van der Waals surface area contributed by atoms with E-state index in [0.29, 0.717) is 4.47 Å². The number of hydrogen-bond acceptors (Lipinski definition) is 6. The Morgan fingerprint density at radius 3 is 2.81 bits per heavy atom. The normalized spacial score (nSPS) is 11.9. The molecule has 0 amide bonds. The second kappa shape index (κ2) is 3.82. The van der Waals surface area contributed by atoms with Crippen molar-refractivity contribution in [2.75, 3.05) is 7.11 Å². The minimum absolute atomic E-state index is 0.109. The van der Waals surface area contributed by atoms with Crippen LogP contribution < -0.4 is 4.74 Å². The van der Waals surface area contributed by atoms with E-state index in [1.165, 1.54) is 13.3 Å². The molecular weight excluding hydrogens is 324 g/mol. The van der Waals surface area contributed by atoms with Gasteiger partial charge in [0.05, 0.1) is 17.8 Å². The lowest BCUT2D eigenvalue weighted by Gasteiger charge is -2.00. The smallest absolute Gasteiger partial charge is 0.319 e. The predicted octanol–water partition coefficient (Wildman–Crippen LogP) is 0.823. The zero-order chi connectivity index (χ0) is 11.9. The van der Waals surface area contributed by atoms with Crippen LogP contribution in [0.25, 0.3) is 5.65 Å². The lowest BCUT2D eigenvalue weighted by Crippen LogP contribution is -2.00. The standard InChI is InChI=1S/C6H4BrClN4O3S/c1-15-6-9-2-3(7)4-10-5(11-12(4)6)16(8,13)14/h2H,1H3. The van der Waals surface area contributed by atoms with Crippen molar-refractivity contribution in [2.24, 2.45) is 0 Å². The molecule has 2 rings (SSSR count). The maximum Gasteiger partial charge on any atom is 0.319 e. The first-order valence-electron chi connectivity index (χ1n) is 3.83. The van der Waals surface area contributed by atoms with E-state index in [4.69, 9.17) is 15.4 Å². The monoisotopic (exact) mass is 326 g/mol. The van der Waals surface area contributed by atoms with Crippen LogP contribution in [0.1, 0.15) is 0 Å². The number of hydrogen-bond donors (Lipinski definition) is 0. The van der Waals surface area contributed by atoms with E-state index in [1.54, 1.807) is 0 Å². The van der Waals surface area contributed by atoms with Crippen molar-refractivity contribution in [1.29, 1.82) is 0 Å². The predicted molar refractivity (Wildman–Crippen MR) is 58.1 cm³/mol. The fourth-order valence-electron chi connectivity index (χ4n) is 1.05. The summed E-state index contributed by atoms with van der Waals surface area (Å²) in [6.45, 7) is 0. The average molecular weight is 328 g/mol. The number of ether oxygens (including phenoxy) is 1. The largest absolute Gasteiger partial charge is 0.467 e. The van der Waals surface area contributed by atoms with Crippen molar-refractivity contribution in [2.45, 2.75) is 5.16 Å². The van der Waals surface area contributed by atoms with Crippen LogP contribution in [0.15, 0.2) is 15.8 Å². The molecular formula is C6H4BrClN4O3S. The molecule has 2 aromatic rings. The Morgan fingerprint density at radius 2 is 2.25 bits per heavy atom. The molecule has 0 aliphatic carbocycles. The van der Waals surface area contributed by atoms with Gasteiger partial charge < -0.3 is 4.74 Å². The van der Waals surface area contributed by atoms with Crippen molar-refractivity contribution in [3.05, 3.63) is 10.7 Å². The zero-order valence-electron chi connectivity index (χ0n) is 7.76. The molecule has 0 N–H and O–H groups in total. The van der Waals surface area contributed by atoms with Gasteiger partial charge in [-0.1, -0.05) is 0 Å². The molecule has 0 radical (unpaired) electrons. The molecule has 0 bridgehead atoms. The van der Waals surface area contributed by atoms with Gasteiger partial charge in [0.25, 0.3) is 14.2 Å². The number of aromatic nitrogens is 4. The van der Waals surface area contributed by atoms with Gasteiger partial charge in [-0.3, -0.25) is 0 Å². The molecule has 86 valence electrons. The number of halogens is 2. The first kappa shape index (κ1) is 11.6. The topological polar surface area (TPSA) is 86.5 Å². The average Bonchev–Trinajstić information content (AvgIpc) is 2.63. The maximum atomic E-state index is 11.1. The molecule has 2 aromatic heterocycles. The Morgan fingerprint density at radius 1 is 1.56 bits per heavy atom. The first-order valence-corrected chi connectivity index (χ1v) is 6.93. The molecule has 0 atom stereocenters. The van der Waals surface area contributed by atoms with Gasteiger partial charge >= 0.3 is 6.01 Å². The quantitative estimate of drug-likeness (QED) is 0.759. The highest BCUT2D eigenvalue weighted by Gasteiger charge is 2.20. The molecule has 0 fully saturated rings. The Kier molecular flexibility index (Phi) is 2.76. The summed E-state index contributed by atoms with van der Waals surface area (Å²) in [6.07, 6.45) is 1.42. The van der Waals surface area contributed by atoms with Crippen molar-refractivity contribution >= 4 is 41.3 Å². The van der Waals surface area contributed by atoms with E-state index in [2.05, 4.69) is 31.0 Å². The molecule has 7 nitrogen and oxygen atoms in total. The number of fused-ring (bicyclic) bond motifs is 1. The van der Waals surface area contributed by atoms with Crippen LogP contribution in [0.2, 0.25) is 0 Å². The fraction of sp³-hybridized carbons (Fsp3) is 0.167.